The lowest BCUT2D eigenvalue weighted by molar-refractivity contribution is 0.0936. The van der Waals surface area contributed by atoms with Crippen LogP contribution in [0.4, 0.5) is 0 Å². The number of nitrogens with zero attached hydrogens (tertiary/aromatic N) is 2. The zero-order chi connectivity index (χ0) is 13.8. The minimum absolute atomic E-state index is 0.0417. The molecule has 0 aliphatic rings. The Balaban J connectivity index is 2.02. The number of hydrogen-bond acceptors (Lipinski definition) is 2. The van der Waals surface area contributed by atoms with Crippen LogP contribution in [0.1, 0.15) is 22.8 Å². The standard InChI is InChI=1S/C14H16BrN3O/c1-10-3-4-12(15)7-13(10)14(19)17-11(2)8-18-6-5-16-9-18/h3-7,9,11H,8H2,1-2H3,(H,17,19). The zero-order valence-electron chi connectivity index (χ0n) is 10.9. The molecule has 0 saturated heterocycles. The predicted octanol–water partition coefficient (Wildman–Crippen LogP) is 2.77. The zero-order valence-corrected chi connectivity index (χ0v) is 12.5. The highest BCUT2D eigenvalue weighted by Gasteiger charge is 2.12. The molecule has 4 nitrogen and oxygen atoms in total. The number of imidazole rings is 1. The summed E-state index contributed by atoms with van der Waals surface area (Å²) in [6.07, 6.45) is 5.35. The Bertz CT molecular complexity index is 566. The van der Waals surface area contributed by atoms with Gasteiger partial charge in [-0.1, -0.05) is 22.0 Å². The molecule has 2 aromatic rings. The molecule has 0 bridgehead atoms. The van der Waals surface area contributed by atoms with E-state index < -0.39 is 0 Å². The van der Waals surface area contributed by atoms with Crippen LogP contribution in [-0.2, 0) is 6.54 Å². The van der Waals surface area contributed by atoms with E-state index in [1.165, 1.54) is 0 Å². The monoisotopic (exact) mass is 321 g/mol. The summed E-state index contributed by atoms with van der Waals surface area (Å²) in [6, 6.07) is 5.75. The first-order valence-corrected chi connectivity index (χ1v) is 6.88. The van der Waals surface area contributed by atoms with E-state index in [1.807, 2.05) is 42.8 Å². The van der Waals surface area contributed by atoms with Gasteiger partial charge in [0.05, 0.1) is 6.33 Å². The van der Waals surface area contributed by atoms with Gasteiger partial charge < -0.3 is 9.88 Å². The van der Waals surface area contributed by atoms with Crippen molar-refractivity contribution in [1.82, 2.24) is 14.9 Å². The van der Waals surface area contributed by atoms with Crippen LogP contribution < -0.4 is 5.32 Å². The molecule has 5 heteroatoms. The highest BCUT2D eigenvalue weighted by Crippen LogP contribution is 2.16. The Morgan fingerprint density at radius 2 is 2.32 bits per heavy atom. The lowest BCUT2D eigenvalue weighted by Crippen LogP contribution is -2.35. The van der Waals surface area contributed by atoms with Crippen LogP contribution in [0.15, 0.2) is 41.4 Å². The Morgan fingerprint density at radius 3 is 3.00 bits per heavy atom. The summed E-state index contributed by atoms with van der Waals surface area (Å²) in [7, 11) is 0. The van der Waals surface area contributed by atoms with Crippen LogP contribution in [0.3, 0.4) is 0 Å². The van der Waals surface area contributed by atoms with Crippen LogP contribution in [-0.4, -0.2) is 21.5 Å². The van der Waals surface area contributed by atoms with Gasteiger partial charge in [-0.2, -0.15) is 0 Å². The minimum atomic E-state index is -0.0496. The summed E-state index contributed by atoms with van der Waals surface area (Å²) in [5.41, 5.74) is 1.67. The lowest BCUT2D eigenvalue weighted by atomic mass is 10.1. The van der Waals surface area contributed by atoms with Gasteiger partial charge in [0.1, 0.15) is 0 Å². The van der Waals surface area contributed by atoms with E-state index in [2.05, 4.69) is 26.2 Å². The molecule has 1 unspecified atom stereocenters. The average molecular weight is 322 g/mol. The molecule has 1 aromatic carbocycles. The van der Waals surface area contributed by atoms with Crippen LogP contribution in [0.5, 0.6) is 0 Å². The number of benzene rings is 1. The molecule has 2 rings (SSSR count). The molecule has 1 amide bonds. The third-order valence-corrected chi connectivity index (χ3v) is 3.36. The third-order valence-electron chi connectivity index (χ3n) is 2.87. The largest absolute Gasteiger partial charge is 0.348 e. The fraction of sp³-hybridized carbons (Fsp3) is 0.286. The van der Waals surface area contributed by atoms with Gasteiger partial charge in [-0.05, 0) is 31.5 Å². The number of aromatic nitrogens is 2. The van der Waals surface area contributed by atoms with E-state index in [4.69, 9.17) is 0 Å². The molecule has 100 valence electrons. The van der Waals surface area contributed by atoms with E-state index in [0.29, 0.717) is 12.1 Å². The molecule has 0 aliphatic heterocycles. The van der Waals surface area contributed by atoms with Crippen LogP contribution >= 0.6 is 15.9 Å². The van der Waals surface area contributed by atoms with Crippen molar-refractivity contribution in [2.45, 2.75) is 26.4 Å². The normalized spacial score (nSPS) is 12.2. The van der Waals surface area contributed by atoms with Gasteiger partial charge in [0, 0.05) is 35.0 Å². The Kier molecular flexibility index (Phi) is 4.37. The SMILES string of the molecule is Cc1ccc(Br)cc1C(=O)NC(C)Cn1ccnc1. The number of hydrogen-bond donors (Lipinski definition) is 1. The molecule has 1 heterocycles. The van der Waals surface area contributed by atoms with E-state index >= 15 is 0 Å². The number of amides is 1. The van der Waals surface area contributed by atoms with E-state index in [0.717, 1.165) is 10.0 Å². The molecule has 19 heavy (non-hydrogen) atoms. The maximum atomic E-state index is 12.2. The van der Waals surface area contributed by atoms with Gasteiger partial charge in [-0.15, -0.1) is 0 Å². The Labute approximate surface area is 121 Å². The molecule has 0 aliphatic carbocycles. The topological polar surface area (TPSA) is 46.9 Å². The van der Waals surface area contributed by atoms with Gasteiger partial charge in [-0.3, -0.25) is 4.79 Å². The molecule has 0 radical (unpaired) electrons. The summed E-state index contributed by atoms with van der Waals surface area (Å²) in [5, 5.41) is 2.99. The van der Waals surface area contributed by atoms with Crippen LogP contribution in [0.25, 0.3) is 0 Å². The lowest BCUT2D eigenvalue weighted by Gasteiger charge is -2.15. The maximum absolute atomic E-state index is 12.2. The smallest absolute Gasteiger partial charge is 0.251 e. The molecule has 1 aromatic heterocycles. The summed E-state index contributed by atoms with van der Waals surface area (Å²) >= 11 is 3.39. The summed E-state index contributed by atoms with van der Waals surface area (Å²) in [4.78, 5) is 16.2. The molecular formula is C14H16BrN3O. The predicted molar refractivity (Wildman–Crippen MR) is 78.0 cm³/mol. The summed E-state index contributed by atoms with van der Waals surface area (Å²) < 4.78 is 2.85. The molecule has 0 saturated carbocycles. The second-order valence-electron chi connectivity index (χ2n) is 4.59. The number of carbonyl (C=O) groups is 1. The molecule has 0 spiro atoms. The second kappa shape index (κ2) is 6.02. The van der Waals surface area contributed by atoms with Gasteiger partial charge >= 0.3 is 0 Å². The van der Waals surface area contributed by atoms with Crippen molar-refractivity contribution in [3.05, 3.63) is 52.5 Å². The quantitative estimate of drug-likeness (QED) is 0.941. The van der Waals surface area contributed by atoms with Crippen LogP contribution in [0.2, 0.25) is 0 Å². The molecule has 1 N–H and O–H groups in total. The Morgan fingerprint density at radius 1 is 1.53 bits per heavy atom. The summed E-state index contributed by atoms with van der Waals surface area (Å²) in [5.74, 6) is -0.0496. The van der Waals surface area contributed by atoms with Gasteiger partial charge in [0.2, 0.25) is 0 Å². The molecule has 0 fully saturated rings. The first-order valence-electron chi connectivity index (χ1n) is 6.09. The molecule has 1 atom stereocenters. The van der Waals surface area contributed by atoms with Crippen molar-refractivity contribution in [2.75, 3.05) is 0 Å². The van der Waals surface area contributed by atoms with Crippen molar-refractivity contribution in [3.63, 3.8) is 0 Å². The number of rotatable bonds is 4. The second-order valence-corrected chi connectivity index (χ2v) is 5.51. The van der Waals surface area contributed by atoms with Crippen molar-refractivity contribution < 1.29 is 4.79 Å². The molecular weight excluding hydrogens is 306 g/mol. The van der Waals surface area contributed by atoms with Crippen molar-refractivity contribution in [1.29, 1.82) is 0 Å². The third kappa shape index (κ3) is 3.67. The van der Waals surface area contributed by atoms with Gasteiger partial charge in [0.15, 0.2) is 0 Å². The fourth-order valence-corrected chi connectivity index (χ4v) is 2.26. The van der Waals surface area contributed by atoms with E-state index in [9.17, 15) is 4.79 Å². The van der Waals surface area contributed by atoms with Gasteiger partial charge in [0.25, 0.3) is 5.91 Å². The first kappa shape index (κ1) is 13.8. The first-order chi connectivity index (χ1) is 9.06. The van der Waals surface area contributed by atoms with E-state index in [1.54, 1.807) is 12.5 Å². The number of carbonyl (C=O) groups excluding carboxylic acids is 1. The van der Waals surface area contributed by atoms with Crippen molar-refractivity contribution in [3.8, 4) is 0 Å². The van der Waals surface area contributed by atoms with Crippen molar-refractivity contribution >= 4 is 21.8 Å². The fourth-order valence-electron chi connectivity index (χ4n) is 1.90. The maximum Gasteiger partial charge on any atom is 0.251 e. The highest BCUT2D eigenvalue weighted by atomic mass is 79.9. The number of aryl methyl sites for hydroxylation is 1. The highest BCUT2D eigenvalue weighted by molar-refractivity contribution is 9.10. The van der Waals surface area contributed by atoms with Crippen molar-refractivity contribution in [2.24, 2.45) is 0 Å². The van der Waals surface area contributed by atoms with Crippen LogP contribution in [0, 0.1) is 6.92 Å². The Hall–Kier alpha value is -1.62. The summed E-state index contributed by atoms with van der Waals surface area (Å²) in [6.45, 7) is 4.62. The number of nitrogens with one attached hydrogen (secondary N) is 1. The average Bonchev–Trinajstić information content (AvgIpc) is 2.84. The minimum Gasteiger partial charge on any atom is -0.348 e. The van der Waals surface area contributed by atoms with E-state index in [-0.39, 0.29) is 11.9 Å². The van der Waals surface area contributed by atoms with Gasteiger partial charge in [-0.25, -0.2) is 4.98 Å². The number of halogens is 1.